The van der Waals surface area contributed by atoms with Crippen LogP contribution in [0.3, 0.4) is 0 Å². The predicted octanol–water partition coefficient (Wildman–Crippen LogP) is 1.96. The largest absolute Gasteiger partial charge is 0.235 e. The van der Waals surface area contributed by atoms with Gasteiger partial charge in [-0.1, -0.05) is 31.2 Å². The average Bonchev–Trinajstić information content (AvgIpc) is 2.92. The number of hydrogen-bond acceptors (Lipinski definition) is 2. The van der Waals surface area contributed by atoms with Gasteiger partial charge in [-0.2, -0.15) is 0 Å². The van der Waals surface area contributed by atoms with Gasteiger partial charge in [0.25, 0.3) is 0 Å². The number of hydrazine groups is 1. The normalized spacial score (nSPS) is 25.0. The van der Waals surface area contributed by atoms with Gasteiger partial charge in [0.1, 0.15) is 0 Å². The third-order valence-corrected chi connectivity index (χ3v) is 2.89. The molecule has 1 aliphatic rings. The molecular weight excluding hydrogens is 172 g/mol. The molecule has 0 spiro atoms. The Morgan fingerprint density at radius 3 is 2.29 bits per heavy atom. The van der Waals surface area contributed by atoms with E-state index in [-0.39, 0.29) is 0 Å². The van der Waals surface area contributed by atoms with Gasteiger partial charge in [-0.05, 0) is 30.4 Å². The van der Waals surface area contributed by atoms with Gasteiger partial charge < -0.3 is 0 Å². The molecule has 0 aliphatic carbocycles. The Morgan fingerprint density at radius 1 is 1.21 bits per heavy atom. The van der Waals surface area contributed by atoms with Crippen LogP contribution >= 0.6 is 0 Å². The number of rotatable bonds is 4. The van der Waals surface area contributed by atoms with Gasteiger partial charge in [0, 0.05) is 7.05 Å². The molecule has 1 aromatic carbocycles. The lowest BCUT2D eigenvalue weighted by molar-refractivity contribution is 0.569. The van der Waals surface area contributed by atoms with E-state index in [1.807, 2.05) is 0 Å². The van der Waals surface area contributed by atoms with E-state index in [4.69, 9.17) is 0 Å². The molecule has 0 radical (unpaired) electrons. The first-order valence-electron chi connectivity index (χ1n) is 5.36. The number of aryl methyl sites for hydroxylation is 2. The number of hydrogen-bond donors (Lipinski definition) is 1. The van der Waals surface area contributed by atoms with Crippen LogP contribution in [0.4, 0.5) is 0 Å². The van der Waals surface area contributed by atoms with Crippen molar-refractivity contribution in [2.24, 2.45) is 0 Å². The van der Waals surface area contributed by atoms with Crippen molar-refractivity contribution in [2.45, 2.75) is 32.4 Å². The van der Waals surface area contributed by atoms with E-state index < -0.39 is 0 Å². The standard InChI is InChI=1S/C12H18N2/c1-3-10-4-6-11(7-5-10)8-9-12-13-14(12)2/h4-7,12-13H,3,8-9H2,1-2H3. The molecule has 2 heteroatoms. The summed E-state index contributed by atoms with van der Waals surface area (Å²) in [7, 11) is 2.09. The zero-order valence-electron chi connectivity index (χ0n) is 8.96. The van der Waals surface area contributed by atoms with E-state index in [9.17, 15) is 0 Å². The SMILES string of the molecule is CCc1ccc(CCC2NN2C)cc1. The maximum absolute atomic E-state index is 3.26. The average molecular weight is 190 g/mol. The van der Waals surface area contributed by atoms with E-state index in [0.29, 0.717) is 6.17 Å². The summed E-state index contributed by atoms with van der Waals surface area (Å²) in [6.07, 6.45) is 4.13. The van der Waals surface area contributed by atoms with E-state index in [1.165, 1.54) is 24.0 Å². The molecule has 1 N–H and O–H groups in total. The molecule has 0 amide bonds. The molecule has 0 bridgehead atoms. The summed E-state index contributed by atoms with van der Waals surface area (Å²) in [5.74, 6) is 0. The van der Waals surface area contributed by atoms with Crippen LogP contribution < -0.4 is 5.43 Å². The van der Waals surface area contributed by atoms with Gasteiger partial charge in [-0.15, -0.1) is 0 Å². The first-order valence-corrected chi connectivity index (χ1v) is 5.36. The minimum atomic E-state index is 0.612. The minimum Gasteiger partial charge on any atom is -0.235 e. The highest BCUT2D eigenvalue weighted by atomic mass is 15.7. The minimum absolute atomic E-state index is 0.612. The lowest BCUT2D eigenvalue weighted by Crippen LogP contribution is -1.97. The van der Waals surface area contributed by atoms with Crippen molar-refractivity contribution in [3.8, 4) is 0 Å². The summed E-state index contributed by atoms with van der Waals surface area (Å²) >= 11 is 0. The Bertz CT molecular complexity index is 292. The van der Waals surface area contributed by atoms with Crippen molar-refractivity contribution in [2.75, 3.05) is 7.05 Å². The third-order valence-electron chi connectivity index (χ3n) is 2.89. The first kappa shape index (κ1) is 9.69. The van der Waals surface area contributed by atoms with Gasteiger partial charge in [0.15, 0.2) is 0 Å². The van der Waals surface area contributed by atoms with Crippen molar-refractivity contribution in [3.05, 3.63) is 35.4 Å². The zero-order chi connectivity index (χ0) is 9.97. The summed E-state index contributed by atoms with van der Waals surface area (Å²) in [6.45, 7) is 2.19. The van der Waals surface area contributed by atoms with Crippen LogP contribution in [0.2, 0.25) is 0 Å². The topological polar surface area (TPSA) is 25.0 Å². The van der Waals surface area contributed by atoms with Crippen molar-refractivity contribution in [1.29, 1.82) is 0 Å². The summed E-state index contributed by atoms with van der Waals surface area (Å²) in [5.41, 5.74) is 6.13. The number of nitrogens with one attached hydrogen (secondary N) is 1. The summed E-state index contributed by atoms with van der Waals surface area (Å²) in [6, 6.07) is 8.97. The molecule has 2 unspecified atom stereocenters. The summed E-state index contributed by atoms with van der Waals surface area (Å²) in [5, 5.41) is 2.15. The zero-order valence-corrected chi connectivity index (χ0v) is 8.96. The number of benzene rings is 1. The summed E-state index contributed by atoms with van der Waals surface area (Å²) in [4.78, 5) is 0. The molecule has 1 saturated heterocycles. The molecule has 2 atom stereocenters. The van der Waals surface area contributed by atoms with Gasteiger partial charge in [-0.3, -0.25) is 0 Å². The van der Waals surface area contributed by atoms with E-state index in [2.05, 4.69) is 48.7 Å². The van der Waals surface area contributed by atoms with Crippen molar-refractivity contribution < 1.29 is 0 Å². The van der Waals surface area contributed by atoms with E-state index >= 15 is 0 Å². The van der Waals surface area contributed by atoms with Gasteiger partial charge in [0.05, 0.1) is 6.17 Å². The van der Waals surface area contributed by atoms with E-state index in [1.54, 1.807) is 0 Å². The van der Waals surface area contributed by atoms with Crippen LogP contribution in [0.5, 0.6) is 0 Å². The molecule has 14 heavy (non-hydrogen) atoms. The molecule has 0 aromatic heterocycles. The summed E-state index contributed by atoms with van der Waals surface area (Å²) < 4.78 is 0. The highest BCUT2D eigenvalue weighted by Gasteiger charge is 2.27. The highest BCUT2D eigenvalue weighted by Crippen LogP contribution is 2.14. The molecule has 76 valence electrons. The molecule has 1 fully saturated rings. The molecule has 0 saturated carbocycles. The Morgan fingerprint density at radius 2 is 1.79 bits per heavy atom. The Hall–Kier alpha value is -0.860. The second kappa shape index (κ2) is 4.11. The quantitative estimate of drug-likeness (QED) is 0.734. The molecule has 2 nitrogen and oxygen atoms in total. The third kappa shape index (κ3) is 2.34. The monoisotopic (exact) mass is 190 g/mol. The Kier molecular flexibility index (Phi) is 2.85. The Balaban J connectivity index is 1.84. The first-order chi connectivity index (χ1) is 6.79. The predicted molar refractivity (Wildman–Crippen MR) is 58.8 cm³/mol. The second-order valence-electron chi connectivity index (χ2n) is 3.96. The van der Waals surface area contributed by atoms with E-state index in [0.717, 1.165) is 6.42 Å². The van der Waals surface area contributed by atoms with Crippen LogP contribution in [-0.2, 0) is 12.8 Å². The maximum atomic E-state index is 3.26. The lowest BCUT2D eigenvalue weighted by atomic mass is 10.1. The molecular formula is C12H18N2. The molecule has 1 aliphatic heterocycles. The van der Waals surface area contributed by atoms with Crippen molar-refractivity contribution in [3.63, 3.8) is 0 Å². The van der Waals surface area contributed by atoms with Gasteiger partial charge >= 0.3 is 0 Å². The molecule has 2 rings (SSSR count). The van der Waals surface area contributed by atoms with Crippen LogP contribution in [0.1, 0.15) is 24.5 Å². The number of nitrogens with zero attached hydrogens (tertiary/aromatic N) is 1. The molecule has 1 heterocycles. The smallest absolute Gasteiger partial charge is 0.0863 e. The Labute approximate surface area is 85.9 Å². The lowest BCUT2D eigenvalue weighted by Gasteiger charge is -2.01. The van der Waals surface area contributed by atoms with Gasteiger partial charge in [-0.25, -0.2) is 10.4 Å². The van der Waals surface area contributed by atoms with Crippen LogP contribution in [0, 0.1) is 0 Å². The second-order valence-corrected chi connectivity index (χ2v) is 3.96. The fourth-order valence-electron chi connectivity index (χ4n) is 1.70. The van der Waals surface area contributed by atoms with Crippen LogP contribution in [0.15, 0.2) is 24.3 Å². The van der Waals surface area contributed by atoms with Crippen LogP contribution in [-0.4, -0.2) is 18.2 Å². The maximum Gasteiger partial charge on any atom is 0.0863 e. The van der Waals surface area contributed by atoms with Crippen molar-refractivity contribution >= 4 is 0 Å². The highest BCUT2D eigenvalue weighted by molar-refractivity contribution is 5.22. The fourth-order valence-corrected chi connectivity index (χ4v) is 1.70. The molecule has 1 aromatic rings. The van der Waals surface area contributed by atoms with Crippen LogP contribution in [0.25, 0.3) is 0 Å². The van der Waals surface area contributed by atoms with Crippen molar-refractivity contribution in [1.82, 2.24) is 10.4 Å². The van der Waals surface area contributed by atoms with Gasteiger partial charge in [0.2, 0.25) is 0 Å². The fraction of sp³-hybridized carbons (Fsp3) is 0.500.